The fourth-order valence-corrected chi connectivity index (χ4v) is 3.38. The van der Waals surface area contributed by atoms with E-state index < -0.39 is 0 Å². The van der Waals surface area contributed by atoms with E-state index in [1.54, 1.807) is 23.4 Å². The second kappa shape index (κ2) is 8.04. The number of amides is 2. The van der Waals surface area contributed by atoms with Gasteiger partial charge in [-0.05, 0) is 43.2 Å². The molecule has 2 amide bonds. The van der Waals surface area contributed by atoms with Crippen LogP contribution in [0.15, 0.2) is 60.9 Å². The molecule has 1 saturated heterocycles. The number of nitrogens with zero attached hydrogens (tertiary/aromatic N) is 3. The molecule has 7 nitrogen and oxygen atoms in total. The van der Waals surface area contributed by atoms with Crippen LogP contribution in [0.25, 0.3) is 11.3 Å². The summed E-state index contributed by atoms with van der Waals surface area (Å²) in [6.07, 6.45) is 4.68. The van der Waals surface area contributed by atoms with Crippen LogP contribution in [0.5, 0.6) is 0 Å². The zero-order valence-electron chi connectivity index (χ0n) is 15.3. The molecule has 0 bridgehead atoms. The summed E-state index contributed by atoms with van der Waals surface area (Å²) >= 11 is 0. The lowest BCUT2D eigenvalue weighted by Crippen LogP contribution is -2.41. The second-order valence-corrected chi connectivity index (χ2v) is 6.82. The summed E-state index contributed by atoms with van der Waals surface area (Å²) in [4.78, 5) is 30.9. The number of nitrogens with one attached hydrogen (secondary N) is 2. The van der Waals surface area contributed by atoms with Crippen LogP contribution in [0, 0.1) is 5.92 Å². The molecule has 28 heavy (non-hydrogen) atoms. The van der Waals surface area contributed by atoms with Gasteiger partial charge in [0.25, 0.3) is 5.91 Å². The lowest BCUT2D eigenvalue weighted by Gasteiger charge is -2.30. The van der Waals surface area contributed by atoms with E-state index in [1.807, 2.05) is 42.5 Å². The number of benzene rings is 1. The van der Waals surface area contributed by atoms with E-state index in [2.05, 4.69) is 20.5 Å². The van der Waals surface area contributed by atoms with Crippen molar-refractivity contribution in [3.05, 3.63) is 66.6 Å². The first-order valence-corrected chi connectivity index (χ1v) is 9.32. The van der Waals surface area contributed by atoms with Crippen LogP contribution >= 0.6 is 0 Å². The number of likely N-dealkylation sites (tertiary alicyclic amines) is 1. The Balaban J connectivity index is 1.34. The van der Waals surface area contributed by atoms with Crippen LogP contribution in [-0.2, 0) is 4.79 Å². The zero-order valence-corrected chi connectivity index (χ0v) is 15.3. The number of hydrogen-bond acceptors (Lipinski definition) is 4. The molecule has 3 aromatic rings. The molecule has 7 heteroatoms. The van der Waals surface area contributed by atoms with E-state index in [0.717, 1.165) is 16.9 Å². The maximum Gasteiger partial charge on any atom is 0.274 e. The molecule has 0 saturated carbocycles. The van der Waals surface area contributed by atoms with E-state index in [0.29, 0.717) is 31.6 Å². The average Bonchev–Trinajstić information content (AvgIpc) is 3.25. The molecule has 2 aromatic heterocycles. The predicted octanol–water partition coefficient (Wildman–Crippen LogP) is 2.96. The molecule has 4 rings (SSSR count). The van der Waals surface area contributed by atoms with Gasteiger partial charge in [0.2, 0.25) is 5.91 Å². The van der Waals surface area contributed by atoms with Crippen LogP contribution in [0.3, 0.4) is 0 Å². The minimum Gasteiger partial charge on any atom is -0.337 e. The molecule has 0 unspecified atom stereocenters. The van der Waals surface area contributed by atoms with Gasteiger partial charge in [-0.25, -0.2) is 0 Å². The molecule has 0 atom stereocenters. The number of carbonyl (C=O) groups excluding carboxylic acids is 2. The maximum atomic E-state index is 12.7. The van der Waals surface area contributed by atoms with Crippen LogP contribution < -0.4 is 5.32 Å². The Kier molecular flexibility index (Phi) is 5.14. The quantitative estimate of drug-likeness (QED) is 0.733. The molecule has 0 spiro atoms. The summed E-state index contributed by atoms with van der Waals surface area (Å²) in [6, 6.07) is 14.9. The van der Waals surface area contributed by atoms with Crippen LogP contribution in [0.4, 0.5) is 5.69 Å². The van der Waals surface area contributed by atoms with E-state index in [9.17, 15) is 9.59 Å². The van der Waals surface area contributed by atoms with Gasteiger partial charge < -0.3 is 10.2 Å². The fourth-order valence-electron chi connectivity index (χ4n) is 3.38. The third-order valence-electron chi connectivity index (χ3n) is 4.98. The van der Waals surface area contributed by atoms with Gasteiger partial charge in [-0.2, -0.15) is 5.10 Å². The van der Waals surface area contributed by atoms with Crippen molar-refractivity contribution in [2.24, 2.45) is 5.92 Å². The first-order chi connectivity index (χ1) is 13.7. The van der Waals surface area contributed by atoms with Crippen LogP contribution in [0.2, 0.25) is 0 Å². The first-order valence-electron chi connectivity index (χ1n) is 9.32. The monoisotopic (exact) mass is 375 g/mol. The third-order valence-corrected chi connectivity index (χ3v) is 4.98. The standard InChI is InChI=1S/C21H21N5O2/c27-20(23-17-4-2-1-3-5-17)16-8-12-26(13-9-16)21(28)19-14-18(24-25-19)15-6-10-22-11-7-15/h1-7,10-11,14,16H,8-9,12-13H2,(H,23,27)(H,24,25). The number of piperidine rings is 1. The Hall–Kier alpha value is -3.48. The highest BCUT2D eigenvalue weighted by Crippen LogP contribution is 2.22. The molecule has 1 fully saturated rings. The van der Waals surface area contributed by atoms with Gasteiger partial charge in [-0.3, -0.25) is 19.7 Å². The summed E-state index contributed by atoms with van der Waals surface area (Å²) in [7, 11) is 0. The first kappa shape index (κ1) is 17.9. The highest BCUT2D eigenvalue weighted by atomic mass is 16.2. The summed E-state index contributed by atoms with van der Waals surface area (Å²) in [5.41, 5.74) is 2.89. The molecule has 1 aliphatic heterocycles. The Morgan fingerprint density at radius 3 is 2.46 bits per heavy atom. The smallest absolute Gasteiger partial charge is 0.274 e. The molecule has 1 aliphatic rings. The predicted molar refractivity (Wildman–Crippen MR) is 106 cm³/mol. The summed E-state index contributed by atoms with van der Waals surface area (Å²) in [5, 5.41) is 10.0. The van der Waals surface area contributed by atoms with Gasteiger partial charge in [0, 0.05) is 42.7 Å². The Labute approximate surface area is 162 Å². The fraction of sp³-hybridized carbons (Fsp3) is 0.238. The zero-order chi connectivity index (χ0) is 19.3. The van der Waals surface area contributed by atoms with E-state index in [1.165, 1.54) is 0 Å². The number of para-hydroxylation sites is 1. The molecule has 1 aromatic carbocycles. The number of hydrogen-bond donors (Lipinski definition) is 2. The lowest BCUT2D eigenvalue weighted by atomic mass is 9.95. The number of H-pyrrole nitrogens is 1. The SMILES string of the molecule is O=C(Nc1ccccc1)C1CCN(C(=O)c2cc(-c3ccncc3)[nH]n2)CC1. The number of rotatable bonds is 4. The molecule has 2 N–H and O–H groups in total. The van der Waals surface area contributed by atoms with Gasteiger partial charge in [0.15, 0.2) is 5.69 Å². The van der Waals surface area contributed by atoms with Crippen molar-refractivity contribution < 1.29 is 9.59 Å². The summed E-state index contributed by atoms with van der Waals surface area (Å²) in [6.45, 7) is 1.09. The molecule has 142 valence electrons. The van der Waals surface area contributed by atoms with Gasteiger partial charge in [-0.15, -0.1) is 0 Å². The highest BCUT2D eigenvalue weighted by Gasteiger charge is 2.28. The van der Waals surface area contributed by atoms with Crippen LogP contribution in [-0.4, -0.2) is 45.0 Å². The van der Waals surface area contributed by atoms with E-state index in [4.69, 9.17) is 0 Å². The third kappa shape index (κ3) is 3.93. The minimum absolute atomic E-state index is 0.0121. The largest absolute Gasteiger partial charge is 0.337 e. The van der Waals surface area contributed by atoms with Crippen molar-refractivity contribution in [1.82, 2.24) is 20.1 Å². The van der Waals surface area contributed by atoms with E-state index >= 15 is 0 Å². The molecular formula is C21H21N5O2. The molecule has 0 radical (unpaired) electrons. The average molecular weight is 375 g/mol. The Morgan fingerprint density at radius 2 is 1.75 bits per heavy atom. The minimum atomic E-state index is -0.113. The molecule has 0 aliphatic carbocycles. The molecule has 3 heterocycles. The Morgan fingerprint density at radius 1 is 1.04 bits per heavy atom. The number of aromatic nitrogens is 3. The lowest BCUT2D eigenvalue weighted by molar-refractivity contribution is -0.121. The topological polar surface area (TPSA) is 91.0 Å². The number of carbonyl (C=O) groups is 2. The summed E-state index contributed by atoms with van der Waals surface area (Å²) in [5.74, 6) is -0.188. The van der Waals surface area contributed by atoms with Crippen LogP contribution in [0.1, 0.15) is 23.3 Å². The van der Waals surface area contributed by atoms with Crippen molar-refractivity contribution in [3.63, 3.8) is 0 Å². The van der Waals surface area contributed by atoms with Crippen molar-refractivity contribution in [2.45, 2.75) is 12.8 Å². The maximum absolute atomic E-state index is 12.7. The highest BCUT2D eigenvalue weighted by molar-refractivity contribution is 5.94. The van der Waals surface area contributed by atoms with Gasteiger partial charge in [0.1, 0.15) is 0 Å². The molecular weight excluding hydrogens is 354 g/mol. The van der Waals surface area contributed by atoms with Gasteiger partial charge in [-0.1, -0.05) is 18.2 Å². The number of aromatic amines is 1. The van der Waals surface area contributed by atoms with E-state index in [-0.39, 0.29) is 17.7 Å². The van der Waals surface area contributed by atoms with Crippen molar-refractivity contribution in [2.75, 3.05) is 18.4 Å². The van der Waals surface area contributed by atoms with Gasteiger partial charge in [0.05, 0.1) is 5.69 Å². The Bertz CT molecular complexity index is 947. The number of anilines is 1. The second-order valence-electron chi connectivity index (χ2n) is 6.82. The van der Waals surface area contributed by atoms with Gasteiger partial charge >= 0.3 is 0 Å². The van der Waals surface area contributed by atoms with Crippen molar-refractivity contribution in [1.29, 1.82) is 0 Å². The number of pyridine rings is 1. The normalized spacial score (nSPS) is 14.6. The van der Waals surface area contributed by atoms with Crippen molar-refractivity contribution in [3.8, 4) is 11.3 Å². The summed E-state index contributed by atoms with van der Waals surface area (Å²) < 4.78 is 0. The van der Waals surface area contributed by atoms with Crippen molar-refractivity contribution >= 4 is 17.5 Å².